The van der Waals surface area contributed by atoms with E-state index in [1.165, 1.54) is 18.4 Å². The smallest absolute Gasteiger partial charge is 0.337 e. The van der Waals surface area contributed by atoms with E-state index in [4.69, 9.17) is 5.73 Å². The molecule has 0 unspecified atom stereocenters. The summed E-state index contributed by atoms with van der Waals surface area (Å²) in [6.07, 6.45) is 0.339. The number of nitrogens with zero attached hydrogens (tertiary/aromatic N) is 1. The number of aromatic nitrogens is 1. The van der Waals surface area contributed by atoms with Crippen LogP contribution in [0.4, 0.5) is 10.9 Å². The number of carbonyl (C=O) groups excluding carboxylic acids is 2. The summed E-state index contributed by atoms with van der Waals surface area (Å²) in [5, 5.41) is 3.15. The van der Waals surface area contributed by atoms with Gasteiger partial charge in [0, 0.05) is 12.3 Å². The molecule has 0 bridgehead atoms. The van der Waals surface area contributed by atoms with Gasteiger partial charge in [-0.05, 0) is 17.7 Å². The second-order valence-corrected chi connectivity index (χ2v) is 5.75. The zero-order chi connectivity index (χ0) is 15.0. The molecule has 1 atom stereocenters. The van der Waals surface area contributed by atoms with Crippen molar-refractivity contribution >= 4 is 34.2 Å². The maximum atomic E-state index is 11.8. The molecule has 1 amide bonds. The summed E-state index contributed by atoms with van der Waals surface area (Å²) in [6.45, 7) is 0. The van der Waals surface area contributed by atoms with Crippen LogP contribution in [-0.2, 0) is 9.53 Å². The highest BCUT2D eigenvalue weighted by Gasteiger charge is 2.30. The second kappa shape index (κ2) is 5.17. The van der Waals surface area contributed by atoms with Crippen LogP contribution in [0.3, 0.4) is 0 Å². The van der Waals surface area contributed by atoms with E-state index in [2.05, 4.69) is 15.0 Å². The van der Waals surface area contributed by atoms with E-state index >= 15 is 0 Å². The molecule has 108 valence electrons. The van der Waals surface area contributed by atoms with Crippen molar-refractivity contribution in [1.82, 2.24) is 4.98 Å². The summed E-state index contributed by atoms with van der Waals surface area (Å²) in [7, 11) is 1.34. The molecule has 7 heteroatoms. The number of thiazole rings is 1. The maximum absolute atomic E-state index is 11.8. The van der Waals surface area contributed by atoms with Gasteiger partial charge < -0.3 is 15.8 Å². The van der Waals surface area contributed by atoms with E-state index in [9.17, 15) is 9.59 Å². The van der Waals surface area contributed by atoms with Crippen LogP contribution in [0.15, 0.2) is 24.3 Å². The van der Waals surface area contributed by atoms with Gasteiger partial charge in [-0.2, -0.15) is 0 Å². The molecule has 1 aliphatic heterocycles. The zero-order valence-corrected chi connectivity index (χ0v) is 12.1. The van der Waals surface area contributed by atoms with Crippen molar-refractivity contribution in [2.24, 2.45) is 0 Å². The number of rotatable bonds is 2. The largest absolute Gasteiger partial charge is 0.465 e. The number of nitrogens with two attached hydrogens (primary N) is 1. The number of amides is 1. The first-order chi connectivity index (χ1) is 10.1. The molecule has 0 fully saturated rings. The molecule has 1 aliphatic rings. The van der Waals surface area contributed by atoms with Crippen molar-refractivity contribution in [2.45, 2.75) is 12.3 Å². The number of ether oxygens (including phenoxy) is 1. The van der Waals surface area contributed by atoms with Crippen molar-refractivity contribution in [3.05, 3.63) is 40.3 Å². The number of anilines is 2. The standard InChI is InChI=1S/C14H13N3O3S/c1-20-13(19)8-4-2-7(3-5-8)9-6-10(18)16-12-11(9)21-14(15)17-12/h2-5,9H,6H2,1H3,(H2,15,17)(H,16,18)/t9-/m1/s1. The average molecular weight is 303 g/mol. The fourth-order valence-corrected chi connectivity index (χ4v) is 3.29. The molecule has 6 nitrogen and oxygen atoms in total. The first-order valence-corrected chi connectivity index (χ1v) is 7.14. The summed E-state index contributed by atoms with van der Waals surface area (Å²) < 4.78 is 4.67. The third kappa shape index (κ3) is 2.47. The minimum Gasteiger partial charge on any atom is -0.465 e. The number of nitrogen functional groups attached to an aromatic ring is 1. The summed E-state index contributed by atoms with van der Waals surface area (Å²) in [5.41, 5.74) is 7.14. The van der Waals surface area contributed by atoms with E-state index in [0.29, 0.717) is 22.9 Å². The molecule has 0 saturated carbocycles. The number of carbonyl (C=O) groups is 2. The molecule has 1 aromatic carbocycles. The average Bonchev–Trinajstić information content (AvgIpc) is 2.85. The summed E-state index contributed by atoms with van der Waals surface area (Å²) >= 11 is 1.37. The van der Waals surface area contributed by atoms with Crippen molar-refractivity contribution in [1.29, 1.82) is 0 Å². The molecule has 2 heterocycles. The van der Waals surface area contributed by atoms with Gasteiger partial charge in [-0.15, -0.1) is 0 Å². The molecule has 0 aliphatic carbocycles. The Morgan fingerprint density at radius 3 is 2.81 bits per heavy atom. The Hall–Kier alpha value is -2.41. The molecule has 3 N–H and O–H groups in total. The lowest BCUT2D eigenvalue weighted by atomic mass is 9.91. The van der Waals surface area contributed by atoms with Crippen molar-refractivity contribution in [3.63, 3.8) is 0 Å². The number of benzene rings is 1. The third-order valence-electron chi connectivity index (χ3n) is 3.37. The second-order valence-electron chi connectivity index (χ2n) is 4.68. The normalized spacial score (nSPS) is 17.0. The van der Waals surface area contributed by atoms with Gasteiger partial charge in [0.05, 0.1) is 17.6 Å². The lowest BCUT2D eigenvalue weighted by Crippen LogP contribution is -2.22. The van der Waals surface area contributed by atoms with Crippen LogP contribution >= 0.6 is 11.3 Å². The summed E-state index contributed by atoms with van der Waals surface area (Å²) in [4.78, 5) is 28.3. The minimum atomic E-state index is -0.384. The Labute approximate surface area is 124 Å². The molecule has 2 aromatic rings. The van der Waals surface area contributed by atoms with Gasteiger partial charge in [0.1, 0.15) is 5.82 Å². The number of hydrogen-bond acceptors (Lipinski definition) is 6. The minimum absolute atomic E-state index is 0.0877. The fraction of sp³-hybridized carbons (Fsp3) is 0.214. The Bertz CT molecular complexity index is 709. The molecule has 3 rings (SSSR count). The van der Waals surface area contributed by atoms with Crippen LogP contribution in [0.25, 0.3) is 0 Å². The maximum Gasteiger partial charge on any atom is 0.337 e. The van der Waals surface area contributed by atoms with E-state index < -0.39 is 0 Å². The van der Waals surface area contributed by atoms with Crippen LogP contribution in [-0.4, -0.2) is 24.0 Å². The Kier molecular flexibility index (Phi) is 3.34. The van der Waals surface area contributed by atoms with Crippen LogP contribution in [0.2, 0.25) is 0 Å². The number of hydrogen-bond donors (Lipinski definition) is 2. The Morgan fingerprint density at radius 2 is 2.14 bits per heavy atom. The number of esters is 1. The Morgan fingerprint density at radius 1 is 1.43 bits per heavy atom. The summed E-state index contributed by atoms with van der Waals surface area (Å²) in [5.74, 6) is -0.0217. The van der Waals surface area contributed by atoms with Gasteiger partial charge in [0.15, 0.2) is 5.13 Å². The molecule has 21 heavy (non-hydrogen) atoms. The number of methoxy groups -OCH3 is 1. The van der Waals surface area contributed by atoms with Gasteiger partial charge in [-0.25, -0.2) is 9.78 Å². The van der Waals surface area contributed by atoms with E-state index in [1.54, 1.807) is 12.1 Å². The lowest BCUT2D eigenvalue weighted by molar-refractivity contribution is -0.116. The van der Waals surface area contributed by atoms with Crippen LogP contribution in [0, 0.1) is 0 Å². The molecule has 0 saturated heterocycles. The van der Waals surface area contributed by atoms with Crippen molar-refractivity contribution in [3.8, 4) is 0 Å². The van der Waals surface area contributed by atoms with Gasteiger partial charge in [-0.3, -0.25) is 4.79 Å². The molecular weight excluding hydrogens is 290 g/mol. The zero-order valence-electron chi connectivity index (χ0n) is 11.3. The molecule has 0 radical (unpaired) electrons. The van der Waals surface area contributed by atoms with Gasteiger partial charge in [0.25, 0.3) is 0 Å². The first kappa shape index (κ1) is 13.6. The van der Waals surface area contributed by atoms with Crippen molar-refractivity contribution < 1.29 is 14.3 Å². The van der Waals surface area contributed by atoms with Crippen LogP contribution in [0.5, 0.6) is 0 Å². The highest BCUT2D eigenvalue weighted by Crippen LogP contribution is 2.41. The fourth-order valence-electron chi connectivity index (χ4n) is 2.37. The van der Waals surface area contributed by atoms with Crippen molar-refractivity contribution in [2.75, 3.05) is 18.2 Å². The predicted molar refractivity (Wildman–Crippen MR) is 79.4 cm³/mol. The van der Waals surface area contributed by atoms with Crippen LogP contribution < -0.4 is 11.1 Å². The van der Waals surface area contributed by atoms with Gasteiger partial charge >= 0.3 is 5.97 Å². The van der Waals surface area contributed by atoms with E-state index in [-0.39, 0.29) is 17.8 Å². The SMILES string of the molecule is COC(=O)c1ccc([C@H]2CC(=O)Nc3nc(N)sc32)cc1. The molecular formula is C14H13N3O3S. The summed E-state index contributed by atoms with van der Waals surface area (Å²) in [6, 6.07) is 7.04. The quantitative estimate of drug-likeness (QED) is 0.827. The van der Waals surface area contributed by atoms with Gasteiger partial charge in [-0.1, -0.05) is 23.5 Å². The highest BCUT2D eigenvalue weighted by atomic mass is 32.1. The topological polar surface area (TPSA) is 94.3 Å². The lowest BCUT2D eigenvalue weighted by Gasteiger charge is -2.21. The van der Waals surface area contributed by atoms with E-state index in [0.717, 1.165) is 10.4 Å². The highest BCUT2D eigenvalue weighted by molar-refractivity contribution is 7.16. The Balaban J connectivity index is 1.96. The molecule has 1 aromatic heterocycles. The molecule has 0 spiro atoms. The number of fused-ring (bicyclic) bond motifs is 1. The number of nitrogens with one attached hydrogen (secondary N) is 1. The first-order valence-electron chi connectivity index (χ1n) is 6.33. The van der Waals surface area contributed by atoms with Crippen LogP contribution in [0.1, 0.15) is 33.1 Å². The van der Waals surface area contributed by atoms with E-state index in [1.807, 2.05) is 12.1 Å². The third-order valence-corrected chi connectivity index (χ3v) is 4.37. The monoisotopic (exact) mass is 303 g/mol. The van der Waals surface area contributed by atoms with Gasteiger partial charge in [0.2, 0.25) is 5.91 Å². The predicted octanol–water partition coefficient (Wildman–Crippen LogP) is 1.99.